The lowest BCUT2D eigenvalue weighted by Crippen LogP contribution is -2.48. The topological polar surface area (TPSA) is 110 Å². The van der Waals surface area contributed by atoms with Crippen molar-refractivity contribution in [1.82, 2.24) is 20.6 Å². The summed E-state index contributed by atoms with van der Waals surface area (Å²) in [6, 6.07) is 8.61. The molecular weight excluding hydrogens is 496 g/mol. The zero-order chi connectivity index (χ0) is 23.3. The van der Waals surface area contributed by atoms with Crippen LogP contribution in [0.25, 0.3) is 0 Å². The first kappa shape index (κ1) is 25.8. The van der Waals surface area contributed by atoms with Gasteiger partial charge < -0.3 is 15.4 Å². The number of hydrogen-bond acceptors (Lipinski definition) is 7. The number of thioether (sulfide) groups is 1. The van der Waals surface area contributed by atoms with Gasteiger partial charge in [0, 0.05) is 31.3 Å². The van der Waals surface area contributed by atoms with Crippen LogP contribution in [0, 0.1) is 0 Å². The number of ether oxygens (including phenoxy) is 1. The fourth-order valence-electron chi connectivity index (χ4n) is 2.73. The SMILES string of the molecule is CCCSc1ncc(Br)c(C(=O)N[C@H](Cc2ccccc2)C(=O)NCCCC(=O)OC)n1. The molecular formula is C22H27BrN4O4S. The second-order valence-electron chi connectivity index (χ2n) is 6.88. The maximum absolute atomic E-state index is 13.0. The molecule has 1 aromatic heterocycles. The molecule has 0 radical (unpaired) electrons. The van der Waals surface area contributed by atoms with Crippen molar-refractivity contribution < 1.29 is 19.1 Å². The molecule has 1 aromatic carbocycles. The molecule has 2 N–H and O–H groups in total. The van der Waals surface area contributed by atoms with Crippen LogP contribution in [0.15, 0.2) is 46.2 Å². The molecule has 10 heteroatoms. The molecule has 1 heterocycles. The van der Waals surface area contributed by atoms with Crippen molar-refractivity contribution in [3.8, 4) is 0 Å². The lowest BCUT2D eigenvalue weighted by Gasteiger charge is -2.19. The van der Waals surface area contributed by atoms with E-state index in [9.17, 15) is 14.4 Å². The molecule has 32 heavy (non-hydrogen) atoms. The van der Waals surface area contributed by atoms with Crippen molar-refractivity contribution in [2.24, 2.45) is 0 Å². The van der Waals surface area contributed by atoms with Crippen molar-refractivity contribution >= 4 is 45.5 Å². The summed E-state index contributed by atoms with van der Waals surface area (Å²) >= 11 is 4.79. The molecule has 8 nitrogen and oxygen atoms in total. The van der Waals surface area contributed by atoms with E-state index in [1.54, 1.807) is 6.20 Å². The third-order valence-electron chi connectivity index (χ3n) is 4.36. The van der Waals surface area contributed by atoms with E-state index >= 15 is 0 Å². The van der Waals surface area contributed by atoms with Crippen LogP contribution in [-0.2, 0) is 20.7 Å². The molecule has 0 aliphatic rings. The molecule has 0 bridgehead atoms. The monoisotopic (exact) mass is 522 g/mol. The average molecular weight is 523 g/mol. The molecule has 0 unspecified atom stereocenters. The van der Waals surface area contributed by atoms with Crippen molar-refractivity contribution in [3.05, 3.63) is 52.3 Å². The van der Waals surface area contributed by atoms with Crippen LogP contribution < -0.4 is 10.6 Å². The summed E-state index contributed by atoms with van der Waals surface area (Å²) in [5.74, 6) is -0.298. The standard InChI is InChI=1S/C22H27BrN4O4S/c1-3-12-32-22-25-14-16(23)19(27-22)21(30)26-17(13-15-8-5-4-6-9-15)20(29)24-11-7-10-18(28)31-2/h4-6,8-9,14,17H,3,7,10-13H2,1-2H3,(H,24,29)(H,26,30)/t17-/m1/s1. The Morgan fingerprint density at radius 2 is 1.97 bits per heavy atom. The van der Waals surface area contributed by atoms with Crippen LogP contribution in [0.3, 0.4) is 0 Å². The molecule has 2 aromatic rings. The van der Waals surface area contributed by atoms with E-state index in [2.05, 4.69) is 48.2 Å². The van der Waals surface area contributed by atoms with Gasteiger partial charge in [-0.25, -0.2) is 9.97 Å². The Kier molecular flexibility index (Phi) is 11.2. The van der Waals surface area contributed by atoms with Crippen LogP contribution in [0.2, 0.25) is 0 Å². The molecule has 0 saturated heterocycles. The number of benzene rings is 1. The van der Waals surface area contributed by atoms with E-state index in [0.29, 0.717) is 29.0 Å². The third-order valence-corrected chi connectivity index (χ3v) is 6.01. The van der Waals surface area contributed by atoms with E-state index in [0.717, 1.165) is 17.7 Å². The highest BCUT2D eigenvalue weighted by molar-refractivity contribution is 9.10. The minimum atomic E-state index is -0.809. The number of nitrogens with zero attached hydrogens (tertiary/aromatic N) is 2. The van der Waals surface area contributed by atoms with Crippen LogP contribution in [0.4, 0.5) is 0 Å². The van der Waals surface area contributed by atoms with E-state index in [1.165, 1.54) is 18.9 Å². The third kappa shape index (κ3) is 8.58. The smallest absolute Gasteiger partial charge is 0.305 e. The lowest BCUT2D eigenvalue weighted by atomic mass is 10.0. The molecule has 0 aliphatic heterocycles. The number of rotatable bonds is 12. The summed E-state index contributed by atoms with van der Waals surface area (Å²) in [5.41, 5.74) is 1.08. The predicted molar refractivity (Wildman–Crippen MR) is 126 cm³/mol. The number of methoxy groups -OCH3 is 1. The number of hydrogen-bond donors (Lipinski definition) is 2. The molecule has 0 fully saturated rings. The Morgan fingerprint density at radius 3 is 2.66 bits per heavy atom. The minimum absolute atomic E-state index is 0.176. The summed E-state index contributed by atoms with van der Waals surface area (Å²) in [6.07, 6.45) is 3.47. The van der Waals surface area contributed by atoms with Gasteiger partial charge in [0.15, 0.2) is 5.16 Å². The molecule has 0 spiro atoms. The molecule has 1 atom stereocenters. The number of halogens is 1. The lowest BCUT2D eigenvalue weighted by molar-refractivity contribution is -0.140. The van der Waals surface area contributed by atoms with Gasteiger partial charge in [-0.15, -0.1) is 0 Å². The van der Waals surface area contributed by atoms with E-state index in [4.69, 9.17) is 0 Å². The second kappa shape index (κ2) is 13.8. The summed E-state index contributed by atoms with van der Waals surface area (Å²) in [4.78, 5) is 45.6. The summed E-state index contributed by atoms with van der Waals surface area (Å²) in [7, 11) is 1.32. The number of carbonyl (C=O) groups is 3. The average Bonchev–Trinajstić information content (AvgIpc) is 2.81. The highest BCUT2D eigenvalue weighted by Gasteiger charge is 2.24. The second-order valence-corrected chi connectivity index (χ2v) is 8.80. The Morgan fingerprint density at radius 1 is 1.22 bits per heavy atom. The molecule has 2 rings (SSSR count). The van der Waals surface area contributed by atoms with Crippen molar-refractivity contribution in [2.45, 2.75) is 43.8 Å². The first-order chi connectivity index (χ1) is 15.4. The van der Waals surface area contributed by atoms with Crippen LogP contribution in [0.5, 0.6) is 0 Å². The zero-order valence-electron chi connectivity index (χ0n) is 18.1. The number of nitrogens with one attached hydrogen (secondary N) is 2. The summed E-state index contributed by atoms with van der Waals surface area (Å²) in [6.45, 7) is 2.35. The summed E-state index contributed by atoms with van der Waals surface area (Å²) in [5, 5.41) is 6.08. The first-order valence-electron chi connectivity index (χ1n) is 10.3. The van der Waals surface area contributed by atoms with Gasteiger partial charge in [-0.3, -0.25) is 14.4 Å². The van der Waals surface area contributed by atoms with E-state index in [1.807, 2.05) is 30.3 Å². The van der Waals surface area contributed by atoms with Crippen LogP contribution in [-0.4, -0.2) is 53.2 Å². The molecule has 172 valence electrons. The quantitative estimate of drug-likeness (QED) is 0.190. The van der Waals surface area contributed by atoms with Gasteiger partial charge in [0.2, 0.25) is 5.91 Å². The molecule has 0 aliphatic carbocycles. The van der Waals surface area contributed by atoms with Crippen molar-refractivity contribution in [1.29, 1.82) is 0 Å². The predicted octanol–water partition coefficient (Wildman–Crippen LogP) is 3.15. The Hall–Kier alpha value is -2.46. The maximum Gasteiger partial charge on any atom is 0.305 e. The Balaban J connectivity index is 2.10. The minimum Gasteiger partial charge on any atom is -0.469 e. The van der Waals surface area contributed by atoms with Gasteiger partial charge in [-0.1, -0.05) is 49.0 Å². The number of esters is 1. The normalized spacial score (nSPS) is 11.5. The zero-order valence-corrected chi connectivity index (χ0v) is 20.5. The summed E-state index contributed by atoms with van der Waals surface area (Å²) < 4.78 is 5.06. The largest absolute Gasteiger partial charge is 0.469 e. The van der Waals surface area contributed by atoms with Gasteiger partial charge in [0.1, 0.15) is 11.7 Å². The van der Waals surface area contributed by atoms with Crippen LogP contribution in [0.1, 0.15) is 42.2 Å². The maximum atomic E-state index is 13.0. The number of amides is 2. The van der Waals surface area contributed by atoms with E-state index in [-0.39, 0.29) is 24.0 Å². The van der Waals surface area contributed by atoms with Gasteiger partial charge in [-0.2, -0.15) is 0 Å². The van der Waals surface area contributed by atoms with Crippen LogP contribution >= 0.6 is 27.7 Å². The van der Waals surface area contributed by atoms with Gasteiger partial charge in [0.25, 0.3) is 5.91 Å². The van der Waals surface area contributed by atoms with Gasteiger partial charge in [-0.05, 0) is 34.3 Å². The first-order valence-corrected chi connectivity index (χ1v) is 12.1. The fraction of sp³-hybridized carbons (Fsp3) is 0.409. The highest BCUT2D eigenvalue weighted by Crippen LogP contribution is 2.19. The number of carbonyl (C=O) groups excluding carboxylic acids is 3. The van der Waals surface area contributed by atoms with Gasteiger partial charge >= 0.3 is 5.97 Å². The van der Waals surface area contributed by atoms with E-state index < -0.39 is 11.9 Å². The molecule has 0 saturated carbocycles. The highest BCUT2D eigenvalue weighted by atomic mass is 79.9. The Labute approximate surface area is 200 Å². The van der Waals surface area contributed by atoms with Crippen molar-refractivity contribution in [3.63, 3.8) is 0 Å². The van der Waals surface area contributed by atoms with Crippen molar-refractivity contribution in [2.75, 3.05) is 19.4 Å². The number of aromatic nitrogens is 2. The molecule has 2 amide bonds. The Bertz CT molecular complexity index is 914. The van der Waals surface area contributed by atoms with Gasteiger partial charge in [0.05, 0.1) is 11.6 Å². The fourth-order valence-corrected chi connectivity index (χ4v) is 3.77.